The number of hydrogen-bond donors (Lipinski definition) is 0. The molecule has 0 spiro atoms. The molecular formula is C20H29N3O2. The minimum absolute atomic E-state index is 0.516. The van der Waals surface area contributed by atoms with Crippen LogP contribution in [0.4, 0.5) is 0 Å². The molecule has 0 aliphatic carbocycles. The van der Waals surface area contributed by atoms with Crippen LogP contribution in [0.25, 0.3) is 0 Å². The van der Waals surface area contributed by atoms with Gasteiger partial charge in [0.15, 0.2) is 0 Å². The van der Waals surface area contributed by atoms with Crippen LogP contribution in [-0.4, -0.2) is 48.4 Å². The molecule has 136 valence electrons. The van der Waals surface area contributed by atoms with Crippen molar-refractivity contribution >= 4 is 0 Å². The number of rotatable bonds is 8. The van der Waals surface area contributed by atoms with E-state index in [1.54, 1.807) is 14.2 Å². The van der Waals surface area contributed by atoms with Gasteiger partial charge in [-0.05, 0) is 44.0 Å². The van der Waals surface area contributed by atoms with E-state index < -0.39 is 0 Å². The van der Waals surface area contributed by atoms with E-state index in [4.69, 9.17) is 14.5 Å². The Morgan fingerprint density at radius 2 is 2.16 bits per heavy atom. The lowest BCUT2D eigenvalue weighted by atomic mass is 10.1. The minimum atomic E-state index is 0.516. The maximum absolute atomic E-state index is 5.33. The summed E-state index contributed by atoms with van der Waals surface area (Å²) >= 11 is 0. The Kier molecular flexibility index (Phi) is 6.10. The van der Waals surface area contributed by atoms with Gasteiger partial charge < -0.3 is 14.0 Å². The molecule has 1 atom stereocenters. The van der Waals surface area contributed by atoms with Crippen molar-refractivity contribution in [3.8, 4) is 5.75 Å². The van der Waals surface area contributed by atoms with E-state index in [9.17, 15) is 0 Å². The van der Waals surface area contributed by atoms with Gasteiger partial charge in [0.1, 0.15) is 11.6 Å². The maximum Gasteiger partial charge on any atom is 0.119 e. The summed E-state index contributed by atoms with van der Waals surface area (Å²) in [6.07, 6.45) is 4.21. The lowest BCUT2D eigenvalue weighted by Crippen LogP contribution is -2.21. The number of hydrogen-bond acceptors (Lipinski definition) is 4. The molecule has 5 heteroatoms. The zero-order valence-electron chi connectivity index (χ0n) is 15.6. The lowest BCUT2D eigenvalue weighted by molar-refractivity contribution is 0.189. The van der Waals surface area contributed by atoms with E-state index in [0.29, 0.717) is 5.92 Å². The van der Waals surface area contributed by atoms with Crippen LogP contribution in [0, 0.1) is 6.92 Å². The molecule has 1 saturated heterocycles. The fourth-order valence-corrected chi connectivity index (χ4v) is 3.68. The molecule has 25 heavy (non-hydrogen) atoms. The smallest absolute Gasteiger partial charge is 0.119 e. The van der Waals surface area contributed by atoms with Gasteiger partial charge in [-0.15, -0.1) is 0 Å². The number of aromatic nitrogens is 2. The zero-order valence-corrected chi connectivity index (χ0v) is 15.6. The Labute approximate surface area is 150 Å². The van der Waals surface area contributed by atoms with Gasteiger partial charge in [0, 0.05) is 51.2 Å². The predicted molar refractivity (Wildman–Crippen MR) is 99.1 cm³/mol. The summed E-state index contributed by atoms with van der Waals surface area (Å²) in [5.41, 5.74) is 2.55. The quantitative estimate of drug-likeness (QED) is 0.690. The molecule has 1 aromatic heterocycles. The number of benzene rings is 1. The van der Waals surface area contributed by atoms with Crippen molar-refractivity contribution in [1.82, 2.24) is 14.5 Å². The molecule has 0 bridgehead atoms. The highest BCUT2D eigenvalue weighted by molar-refractivity contribution is 5.28. The van der Waals surface area contributed by atoms with Crippen molar-refractivity contribution in [2.75, 3.05) is 33.9 Å². The van der Waals surface area contributed by atoms with Gasteiger partial charge in [-0.1, -0.05) is 12.1 Å². The summed E-state index contributed by atoms with van der Waals surface area (Å²) in [4.78, 5) is 7.24. The predicted octanol–water partition coefficient (Wildman–Crippen LogP) is 3.23. The minimum Gasteiger partial charge on any atom is -0.497 e. The molecule has 0 amide bonds. The first-order valence-corrected chi connectivity index (χ1v) is 9.07. The van der Waals surface area contributed by atoms with E-state index in [0.717, 1.165) is 45.0 Å². The van der Waals surface area contributed by atoms with Crippen LogP contribution < -0.4 is 4.74 Å². The Morgan fingerprint density at radius 3 is 2.96 bits per heavy atom. The maximum atomic E-state index is 5.33. The zero-order chi connectivity index (χ0) is 17.6. The third-order valence-electron chi connectivity index (χ3n) is 4.99. The van der Waals surface area contributed by atoms with Gasteiger partial charge in [-0.3, -0.25) is 4.90 Å². The molecular weight excluding hydrogens is 314 g/mol. The standard InChI is InChI=1S/C20H29N3O2/c1-16-13-21-20(23(16)9-5-11-24-2)18-8-10-22(15-18)14-17-6-4-7-19(12-17)25-3/h4,6-7,12-13,18H,5,8-11,14-15H2,1-3H3. The van der Waals surface area contributed by atoms with Crippen molar-refractivity contribution in [3.05, 3.63) is 47.5 Å². The number of ether oxygens (including phenoxy) is 2. The van der Waals surface area contributed by atoms with E-state index in [1.807, 2.05) is 12.3 Å². The van der Waals surface area contributed by atoms with Crippen molar-refractivity contribution in [1.29, 1.82) is 0 Å². The number of nitrogens with zero attached hydrogens (tertiary/aromatic N) is 3. The van der Waals surface area contributed by atoms with Crippen LogP contribution in [0.15, 0.2) is 30.5 Å². The monoisotopic (exact) mass is 343 g/mol. The number of likely N-dealkylation sites (tertiary alicyclic amines) is 1. The molecule has 5 nitrogen and oxygen atoms in total. The van der Waals surface area contributed by atoms with Gasteiger partial charge in [0.05, 0.1) is 7.11 Å². The van der Waals surface area contributed by atoms with Gasteiger partial charge in [-0.2, -0.15) is 0 Å². The van der Waals surface area contributed by atoms with Gasteiger partial charge in [-0.25, -0.2) is 4.98 Å². The van der Waals surface area contributed by atoms with Crippen LogP contribution in [0.2, 0.25) is 0 Å². The fraction of sp³-hybridized carbons (Fsp3) is 0.550. The van der Waals surface area contributed by atoms with Crippen LogP contribution in [0.5, 0.6) is 5.75 Å². The summed E-state index contributed by atoms with van der Waals surface area (Å²) in [6.45, 7) is 7.08. The van der Waals surface area contributed by atoms with E-state index in [2.05, 4.69) is 34.6 Å². The van der Waals surface area contributed by atoms with Gasteiger partial charge in [0.25, 0.3) is 0 Å². The summed E-state index contributed by atoms with van der Waals surface area (Å²) in [6, 6.07) is 8.36. The summed E-state index contributed by atoms with van der Waals surface area (Å²) < 4.78 is 12.9. The lowest BCUT2D eigenvalue weighted by Gasteiger charge is -2.17. The molecule has 2 aromatic rings. The fourth-order valence-electron chi connectivity index (χ4n) is 3.68. The highest BCUT2D eigenvalue weighted by atomic mass is 16.5. The first-order valence-electron chi connectivity index (χ1n) is 9.07. The van der Waals surface area contributed by atoms with Gasteiger partial charge >= 0.3 is 0 Å². The van der Waals surface area contributed by atoms with Crippen molar-refractivity contribution in [2.24, 2.45) is 0 Å². The number of aryl methyl sites for hydroxylation is 1. The van der Waals surface area contributed by atoms with E-state index in [1.165, 1.54) is 23.5 Å². The Morgan fingerprint density at radius 1 is 1.28 bits per heavy atom. The van der Waals surface area contributed by atoms with Gasteiger partial charge in [0.2, 0.25) is 0 Å². The molecule has 1 unspecified atom stereocenters. The number of imidazole rings is 1. The average Bonchev–Trinajstić information content (AvgIpc) is 3.22. The van der Waals surface area contributed by atoms with Crippen LogP contribution in [0.1, 0.15) is 35.8 Å². The molecule has 1 aliphatic rings. The van der Waals surface area contributed by atoms with Crippen LogP contribution in [-0.2, 0) is 17.8 Å². The first-order chi connectivity index (χ1) is 12.2. The third kappa shape index (κ3) is 4.41. The average molecular weight is 343 g/mol. The van der Waals surface area contributed by atoms with Crippen LogP contribution in [0.3, 0.4) is 0 Å². The Balaban J connectivity index is 1.62. The topological polar surface area (TPSA) is 39.5 Å². The molecule has 2 heterocycles. The Hall–Kier alpha value is -1.85. The second-order valence-corrected chi connectivity index (χ2v) is 6.83. The molecule has 1 aliphatic heterocycles. The second-order valence-electron chi connectivity index (χ2n) is 6.83. The summed E-state index contributed by atoms with van der Waals surface area (Å²) in [7, 11) is 3.48. The van der Waals surface area contributed by atoms with Crippen molar-refractivity contribution < 1.29 is 9.47 Å². The second kappa shape index (κ2) is 8.50. The van der Waals surface area contributed by atoms with Crippen molar-refractivity contribution in [3.63, 3.8) is 0 Å². The highest BCUT2D eigenvalue weighted by Gasteiger charge is 2.27. The molecule has 0 saturated carbocycles. The number of methoxy groups -OCH3 is 2. The Bertz CT molecular complexity index is 683. The van der Waals surface area contributed by atoms with E-state index >= 15 is 0 Å². The van der Waals surface area contributed by atoms with Crippen LogP contribution >= 0.6 is 0 Å². The van der Waals surface area contributed by atoms with E-state index in [-0.39, 0.29) is 0 Å². The molecule has 1 fully saturated rings. The normalized spacial score (nSPS) is 18.0. The molecule has 1 aromatic carbocycles. The summed E-state index contributed by atoms with van der Waals surface area (Å²) in [5.74, 6) is 2.68. The molecule has 0 N–H and O–H groups in total. The SMILES string of the molecule is COCCCn1c(C)cnc1C1CCN(Cc2cccc(OC)c2)C1. The third-order valence-corrected chi connectivity index (χ3v) is 4.99. The largest absolute Gasteiger partial charge is 0.497 e. The van der Waals surface area contributed by atoms with Crippen molar-refractivity contribution in [2.45, 2.75) is 38.8 Å². The summed E-state index contributed by atoms with van der Waals surface area (Å²) in [5, 5.41) is 0. The molecule has 3 rings (SSSR count). The molecule has 0 radical (unpaired) electrons. The first kappa shape index (κ1) is 18.0. The highest BCUT2D eigenvalue weighted by Crippen LogP contribution is 2.28.